The van der Waals surface area contributed by atoms with Crippen molar-refractivity contribution in [2.75, 3.05) is 31.6 Å². The second-order valence-electron chi connectivity index (χ2n) is 6.02. The van der Waals surface area contributed by atoms with Gasteiger partial charge in [0.05, 0.1) is 5.92 Å². The van der Waals surface area contributed by atoms with E-state index in [1.54, 1.807) is 30.4 Å². The molecule has 0 spiro atoms. The lowest BCUT2D eigenvalue weighted by Gasteiger charge is -2.30. The zero-order valence-electron chi connectivity index (χ0n) is 13.9. The second-order valence-corrected chi connectivity index (χ2v) is 6.02. The van der Waals surface area contributed by atoms with Gasteiger partial charge >= 0.3 is 5.97 Å². The number of piperidine rings is 1. The summed E-state index contributed by atoms with van der Waals surface area (Å²) in [5.74, 6) is 0.0628. The molecule has 1 saturated heterocycles. The lowest BCUT2D eigenvalue weighted by Crippen LogP contribution is -2.40. The third kappa shape index (κ3) is 4.64. The fraction of sp³-hybridized carbons (Fsp3) is 0.625. The van der Waals surface area contributed by atoms with Crippen LogP contribution in [0.4, 0.5) is 5.95 Å². The number of carbonyl (C=O) groups excluding carboxylic acids is 2. The molecule has 1 fully saturated rings. The monoisotopic (exact) mass is 320 g/mol. The minimum absolute atomic E-state index is 0.0929. The number of amides is 1. The molecule has 126 valence electrons. The maximum absolute atomic E-state index is 12.1. The van der Waals surface area contributed by atoms with Gasteiger partial charge in [0, 0.05) is 38.6 Å². The van der Waals surface area contributed by atoms with Crippen molar-refractivity contribution < 1.29 is 14.3 Å². The molecule has 0 unspecified atom stereocenters. The minimum Gasteiger partial charge on any atom is -0.455 e. The fourth-order valence-corrected chi connectivity index (χ4v) is 2.41. The summed E-state index contributed by atoms with van der Waals surface area (Å²) in [5.41, 5.74) is 0. The van der Waals surface area contributed by atoms with Gasteiger partial charge in [-0.2, -0.15) is 0 Å². The van der Waals surface area contributed by atoms with Crippen LogP contribution < -0.4 is 4.90 Å². The molecule has 2 rings (SSSR count). The van der Waals surface area contributed by atoms with Gasteiger partial charge in [0.25, 0.3) is 5.91 Å². The highest BCUT2D eigenvalue weighted by atomic mass is 16.5. The van der Waals surface area contributed by atoms with Crippen LogP contribution in [-0.2, 0) is 14.3 Å². The number of hydrogen-bond donors (Lipinski definition) is 0. The SMILES string of the molecule is CC(C)N(C)C(=O)COC(=O)C1CCN(c2ncccn2)CC1. The summed E-state index contributed by atoms with van der Waals surface area (Å²) in [6.07, 6.45) is 4.79. The normalized spacial score (nSPS) is 15.6. The van der Waals surface area contributed by atoms with Gasteiger partial charge in [-0.25, -0.2) is 9.97 Å². The maximum Gasteiger partial charge on any atom is 0.309 e. The van der Waals surface area contributed by atoms with Crippen LogP contribution in [0.3, 0.4) is 0 Å². The predicted molar refractivity (Wildman–Crippen MR) is 85.8 cm³/mol. The lowest BCUT2D eigenvalue weighted by molar-refractivity contribution is -0.156. The van der Waals surface area contributed by atoms with Crippen LogP contribution >= 0.6 is 0 Å². The van der Waals surface area contributed by atoms with E-state index in [1.165, 1.54) is 0 Å². The second kappa shape index (κ2) is 7.89. The molecule has 0 N–H and O–H groups in total. The van der Waals surface area contributed by atoms with Crippen LogP contribution in [0.25, 0.3) is 0 Å². The highest BCUT2D eigenvalue weighted by molar-refractivity contribution is 5.81. The van der Waals surface area contributed by atoms with Gasteiger partial charge < -0.3 is 14.5 Å². The van der Waals surface area contributed by atoms with Crippen molar-refractivity contribution in [1.29, 1.82) is 0 Å². The van der Waals surface area contributed by atoms with Crippen LogP contribution in [0.1, 0.15) is 26.7 Å². The number of likely N-dealkylation sites (N-methyl/N-ethyl adjacent to an activating group) is 1. The minimum atomic E-state index is -0.288. The quantitative estimate of drug-likeness (QED) is 0.756. The molecule has 1 aromatic rings. The van der Waals surface area contributed by atoms with Gasteiger partial charge in [0.1, 0.15) is 0 Å². The van der Waals surface area contributed by atoms with E-state index in [0.717, 1.165) is 0 Å². The number of rotatable bonds is 5. The van der Waals surface area contributed by atoms with E-state index < -0.39 is 0 Å². The Bertz CT molecular complexity index is 527. The van der Waals surface area contributed by atoms with Crippen molar-refractivity contribution in [1.82, 2.24) is 14.9 Å². The summed E-state index contributed by atoms with van der Waals surface area (Å²) < 4.78 is 5.18. The molecule has 0 radical (unpaired) electrons. The summed E-state index contributed by atoms with van der Waals surface area (Å²) in [6, 6.07) is 1.87. The molecule has 1 aromatic heterocycles. The average molecular weight is 320 g/mol. The number of aromatic nitrogens is 2. The first-order valence-electron chi connectivity index (χ1n) is 7.93. The van der Waals surface area contributed by atoms with Gasteiger partial charge in [-0.1, -0.05) is 0 Å². The van der Waals surface area contributed by atoms with E-state index in [-0.39, 0.29) is 30.4 Å². The van der Waals surface area contributed by atoms with Crippen LogP contribution in [-0.4, -0.2) is 59.5 Å². The molecular formula is C16H24N4O3. The van der Waals surface area contributed by atoms with Gasteiger partial charge in [0.15, 0.2) is 6.61 Å². The van der Waals surface area contributed by atoms with Crippen LogP contribution in [0, 0.1) is 5.92 Å². The van der Waals surface area contributed by atoms with Crippen molar-refractivity contribution in [3.8, 4) is 0 Å². The highest BCUT2D eigenvalue weighted by Gasteiger charge is 2.28. The van der Waals surface area contributed by atoms with Crippen LogP contribution in [0.5, 0.6) is 0 Å². The number of esters is 1. The molecule has 7 nitrogen and oxygen atoms in total. The van der Waals surface area contributed by atoms with Crippen molar-refractivity contribution in [3.63, 3.8) is 0 Å². The zero-order chi connectivity index (χ0) is 16.8. The van der Waals surface area contributed by atoms with Gasteiger partial charge in [-0.05, 0) is 32.8 Å². The van der Waals surface area contributed by atoms with E-state index in [9.17, 15) is 9.59 Å². The first-order valence-corrected chi connectivity index (χ1v) is 7.93. The Labute approximate surface area is 136 Å². The average Bonchev–Trinajstić information content (AvgIpc) is 2.59. The summed E-state index contributed by atoms with van der Waals surface area (Å²) in [5, 5.41) is 0. The van der Waals surface area contributed by atoms with Crippen molar-refractivity contribution >= 4 is 17.8 Å². The Morgan fingerprint density at radius 2 is 1.91 bits per heavy atom. The summed E-state index contributed by atoms with van der Waals surface area (Å²) in [7, 11) is 1.71. The van der Waals surface area contributed by atoms with Crippen molar-refractivity contribution in [2.24, 2.45) is 5.92 Å². The third-order valence-electron chi connectivity index (χ3n) is 4.17. The van der Waals surface area contributed by atoms with Crippen molar-refractivity contribution in [2.45, 2.75) is 32.7 Å². The van der Waals surface area contributed by atoms with E-state index >= 15 is 0 Å². The topological polar surface area (TPSA) is 75.6 Å². The predicted octanol–water partition coefficient (Wildman–Crippen LogP) is 1.10. The van der Waals surface area contributed by atoms with Crippen LogP contribution in [0.15, 0.2) is 18.5 Å². The largest absolute Gasteiger partial charge is 0.455 e. The molecule has 1 aliphatic rings. The molecule has 1 aliphatic heterocycles. The van der Waals surface area contributed by atoms with Crippen LogP contribution in [0.2, 0.25) is 0 Å². The zero-order valence-corrected chi connectivity index (χ0v) is 13.9. The molecule has 0 atom stereocenters. The number of anilines is 1. The molecule has 2 heterocycles. The molecule has 1 amide bonds. The Balaban J connectivity index is 1.77. The molecular weight excluding hydrogens is 296 g/mol. The molecule has 0 bridgehead atoms. The third-order valence-corrected chi connectivity index (χ3v) is 4.17. The van der Waals surface area contributed by atoms with E-state index in [1.807, 2.05) is 13.8 Å². The van der Waals surface area contributed by atoms with Crippen molar-refractivity contribution in [3.05, 3.63) is 18.5 Å². The smallest absolute Gasteiger partial charge is 0.309 e. The molecule has 7 heteroatoms. The van der Waals surface area contributed by atoms with E-state index in [0.29, 0.717) is 31.9 Å². The Morgan fingerprint density at radius 3 is 2.48 bits per heavy atom. The summed E-state index contributed by atoms with van der Waals surface area (Å²) in [6.45, 7) is 5.07. The van der Waals surface area contributed by atoms with Gasteiger partial charge in [-0.15, -0.1) is 0 Å². The van der Waals surface area contributed by atoms with Gasteiger partial charge in [-0.3, -0.25) is 9.59 Å². The first-order chi connectivity index (χ1) is 11.0. The van der Waals surface area contributed by atoms with Gasteiger partial charge in [0.2, 0.25) is 5.95 Å². The number of nitrogens with zero attached hydrogens (tertiary/aromatic N) is 4. The Morgan fingerprint density at radius 1 is 1.30 bits per heavy atom. The number of hydrogen-bond acceptors (Lipinski definition) is 6. The Hall–Kier alpha value is -2.18. The molecule has 23 heavy (non-hydrogen) atoms. The Kier molecular flexibility index (Phi) is 5.90. The number of carbonyl (C=O) groups is 2. The summed E-state index contributed by atoms with van der Waals surface area (Å²) >= 11 is 0. The van der Waals surface area contributed by atoms with E-state index in [4.69, 9.17) is 4.74 Å². The fourth-order valence-electron chi connectivity index (χ4n) is 2.41. The molecule has 0 saturated carbocycles. The highest BCUT2D eigenvalue weighted by Crippen LogP contribution is 2.21. The summed E-state index contributed by atoms with van der Waals surface area (Å²) in [4.78, 5) is 36.0. The molecule has 0 aliphatic carbocycles. The first kappa shape index (κ1) is 17.2. The molecule has 0 aromatic carbocycles. The number of ether oxygens (including phenoxy) is 1. The lowest BCUT2D eigenvalue weighted by atomic mass is 9.97. The maximum atomic E-state index is 12.1. The van der Waals surface area contributed by atoms with E-state index in [2.05, 4.69) is 14.9 Å². The standard InChI is InChI=1S/C16H24N4O3/c1-12(2)19(3)14(21)11-23-15(22)13-5-9-20(10-6-13)16-17-7-4-8-18-16/h4,7-8,12-13H,5-6,9-11H2,1-3H3.